The molecular weight excluding hydrogens is 523 g/mol. The predicted molar refractivity (Wildman–Crippen MR) is 158 cm³/mol. The summed E-state index contributed by atoms with van der Waals surface area (Å²) in [5.74, 6) is -0.306. The van der Waals surface area contributed by atoms with Gasteiger partial charge in [-0.15, -0.1) is 0 Å². The Bertz CT molecular complexity index is 1530. The number of carbonyl (C=O) groups excluding carboxylic acids is 1. The summed E-state index contributed by atoms with van der Waals surface area (Å²) in [5, 5.41) is 6.08. The first-order valence-corrected chi connectivity index (χ1v) is 13.4. The number of hydrogen-bond acceptors (Lipinski definition) is 8. The third-order valence-electron chi connectivity index (χ3n) is 7.04. The molecule has 1 aromatic heterocycles. The van der Waals surface area contributed by atoms with Gasteiger partial charge in [0.05, 0.1) is 12.8 Å². The molecule has 10 heteroatoms. The van der Waals surface area contributed by atoms with Crippen LogP contribution in [0.25, 0.3) is 0 Å². The number of nitrogens with zero attached hydrogens (tertiary/aromatic N) is 4. The van der Waals surface area contributed by atoms with E-state index in [1.165, 1.54) is 18.3 Å². The van der Waals surface area contributed by atoms with Crippen LogP contribution < -0.4 is 25.0 Å². The average Bonchev–Trinajstić information content (AvgIpc) is 2.97. The van der Waals surface area contributed by atoms with Crippen molar-refractivity contribution in [2.75, 3.05) is 55.9 Å². The smallest absolute Gasteiger partial charge is 0.262 e. The number of anilines is 4. The Morgan fingerprint density at radius 1 is 0.951 bits per heavy atom. The summed E-state index contributed by atoms with van der Waals surface area (Å²) < 4.78 is 26.0. The Labute approximate surface area is 238 Å². The average molecular weight is 557 g/mol. The van der Waals surface area contributed by atoms with E-state index in [4.69, 9.17) is 9.47 Å². The summed E-state index contributed by atoms with van der Waals surface area (Å²) in [6.45, 7) is 7.59. The zero-order chi connectivity index (χ0) is 28.9. The van der Waals surface area contributed by atoms with Crippen LogP contribution in [-0.4, -0.2) is 61.1 Å². The summed E-state index contributed by atoms with van der Waals surface area (Å²) in [4.78, 5) is 26.8. The zero-order valence-corrected chi connectivity index (χ0v) is 23.6. The lowest BCUT2D eigenvalue weighted by Crippen LogP contribution is -2.44. The first-order chi connectivity index (χ1) is 19.8. The molecule has 0 bridgehead atoms. The number of carbonyl (C=O) groups is 1. The number of aromatic nitrogens is 2. The molecule has 9 nitrogen and oxygen atoms in total. The summed E-state index contributed by atoms with van der Waals surface area (Å²) >= 11 is 0. The SMILES string of the molecule is COc1cc(Nc2ncc(C(=O)Nc3c(C)cccc3C)c(Oc3ccccc3F)n2)ccc1N1CCN(C)CC1. The van der Waals surface area contributed by atoms with E-state index in [2.05, 4.69) is 37.4 Å². The Balaban J connectivity index is 1.44. The van der Waals surface area contributed by atoms with Crippen molar-refractivity contribution in [3.8, 4) is 17.4 Å². The van der Waals surface area contributed by atoms with Gasteiger partial charge < -0.3 is 29.9 Å². The Morgan fingerprint density at radius 2 is 1.68 bits per heavy atom. The fraction of sp³-hybridized carbons (Fsp3) is 0.258. The number of rotatable bonds is 8. The van der Waals surface area contributed by atoms with Crippen molar-refractivity contribution in [1.29, 1.82) is 0 Å². The molecule has 0 unspecified atom stereocenters. The highest BCUT2D eigenvalue weighted by molar-refractivity contribution is 6.06. The molecule has 0 spiro atoms. The molecule has 1 aliphatic rings. The van der Waals surface area contributed by atoms with E-state index >= 15 is 0 Å². The van der Waals surface area contributed by atoms with E-state index in [0.29, 0.717) is 17.1 Å². The minimum atomic E-state index is -0.578. The number of aryl methyl sites for hydroxylation is 2. The maximum absolute atomic E-state index is 14.5. The molecule has 2 N–H and O–H groups in total. The van der Waals surface area contributed by atoms with Crippen LogP contribution in [0.1, 0.15) is 21.5 Å². The lowest BCUT2D eigenvalue weighted by Gasteiger charge is -2.34. The lowest BCUT2D eigenvalue weighted by molar-refractivity contribution is 0.102. The number of methoxy groups -OCH3 is 1. The van der Waals surface area contributed by atoms with Crippen LogP contribution >= 0.6 is 0 Å². The summed E-state index contributed by atoms with van der Waals surface area (Å²) in [6.07, 6.45) is 1.37. The second kappa shape index (κ2) is 12.2. The van der Waals surface area contributed by atoms with Gasteiger partial charge in [0.15, 0.2) is 11.6 Å². The first kappa shape index (κ1) is 27.9. The van der Waals surface area contributed by atoms with E-state index in [1.807, 2.05) is 50.2 Å². The van der Waals surface area contributed by atoms with Gasteiger partial charge in [0.25, 0.3) is 5.91 Å². The maximum Gasteiger partial charge on any atom is 0.262 e. The highest BCUT2D eigenvalue weighted by Gasteiger charge is 2.21. The molecule has 1 amide bonds. The molecule has 212 valence electrons. The number of para-hydroxylation sites is 2. The number of benzene rings is 3. The van der Waals surface area contributed by atoms with Gasteiger partial charge in [-0.1, -0.05) is 30.3 Å². The topological polar surface area (TPSA) is 91.8 Å². The van der Waals surface area contributed by atoms with Crippen LogP contribution in [0.2, 0.25) is 0 Å². The van der Waals surface area contributed by atoms with Crippen molar-refractivity contribution in [3.05, 3.63) is 89.4 Å². The monoisotopic (exact) mass is 556 g/mol. The van der Waals surface area contributed by atoms with Crippen LogP contribution in [0.15, 0.2) is 66.9 Å². The van der Waals surface area contributed by atoms with Gasteiger partial charge in [-0.3, -0.25) is 4.79 Å². The number of amides is 1. The van der Waals surface area contributed by atoms with Crippen LogP contribution in [0.4, 0.5) is 27.4 Å². The molecule has 5 rings (SSSR count). The Kier molecular flexibility index (Phi) is 8.30. The first-order valence-electron chi connectivity index (χ1n) is 13.4. The number of halogens is 1. The number of nitrogens with one attached hydrogen (secondary N) is 2. The van der Waals surface area contributed by atoms with Gasteiger partial charge in [0.1, 0.15) is 11.3 Å². The van der Waals surface area contributed by atoms with Gasteiger partial charge in [-0.2, -0.15) is 4.98 Å². The second-order valence-electron chi connectivity index (χ2n) is 9.97. The largest absolute Gasteiger partial charge is 0.495 e. The molecule has 0 atom stereocenters. The second-order valence-corrected chi connectivity index (χ2v) is 9.97. The summed E-state index contributed by atoms with van der Waals surface area (Å²) in [6, 6.07) is 17.5. The van der Waals surface area contributed by atoms with Crippen molar-refractivity contribution < 1.29 is 18.7 Å². The number of hydrogen-bond donors (Lipinski definition) is 2. The van der Waals surface area contributed by atoms with Crippen molar-refractivity contribution >= 4 is 28.9 Å². The van der Waals surface area contributed by atoms with Gasteiger partial charge in [-0.25, -0.2) is 9.37 Å². The molecule has 1 fully saturated rings. The van der Waals surface area contributed by atoms with Gasteiger partial charge >= 0.3 is 0 Å². The zero-order valence-electron chi connectivity index (χ0n) is 23.6. The molecule has 4 aromatic rings. The van der Waals surface area contributed by atoms with Crippen molar-refractivity contribution in [3.63, 3.8) is 0 Å². The third-order valence-corrected chi connectivity index (χ3v) is 7.04. The maximum atomic E-state index is 14.5. The molecule has 0 saturated carbocycles. The van der Waals surface area contributed by atoms with Gasteiger partial charge in [0.2, 0.25) is 11.8 Å². The van der Waals surface area contributed by atoms with E-state index in [0.717, 1.165) is 43.0 Å². The minimum absolute atomic E-state index is 0.0588. The standard InChI is InChI=1S/C31H33FN6O3/c1-20-8-7-9-21(2)28(20)35-29(39)23-19-33-31(36-30(23)41-26-11-6-5-10-24(26)32)34-22-12-13-25(27(18-22)40-4)38-16-14-37(3)15-17-38/h5-13,18-19H,14-17H2,1-4H3,(H,35,39)(H,33,34,36). The third kappa shape index (κ3) is 6.38. The summed E-state index contributed by atoms with van der Waals surface area (Å²) in [7, 11) is 3.75. The minimum Gasteiger partial charge on any atom is -0.495 e. The van der Waals surface area contributed by atoms with Crippen LogP contribution in [0, 0.1) is 19.7 Å². The normalized spacial score (nSPS) is 13.5. The van der Waals surface area contributed by atoms with E-state index in [-0.39, 0.29) is 23.1 Å². The van der Waals surface area contributed by atoms with E-state index < -0.39 is 11.7 Å². The lowest BCUT2D eigenvalue weighted by atomic mass is 10.1. The molecule has 41 heavy (non-hydrogen) atoms. The van der Waals surface area contributed by atoms with Crippen molar-refractivity contribution in [2.24, 2.45) is 0 Å². The van der Waals surface area contributed by atoms with Crippen molar-refractivity contribution in [1.82, 2.24) is 14.9 Å². The Hall–Kier alpha value is -4.70. The van der Waals surface area contributed by atoms with E-state index in [1.54, 1.807) is 19.2 Å². The number of piperazine rings is 1. The highest BCUT2D eigenvalue weighted by atomic mass is 19.1. The van der Waals surface area contributed by atoms with Gasteiger partial charge in [-0.05, 0) is 56.3 Å². The van der Waals surface area contributed by atoms with Crippen LogP contribution in [-0.2, 0) is 0 Å². The fourth-order valence-corrected chi connectivity index (χ4v) is 4.68. The molecule has 0 aliphatic carbocycles. The van der Waals surface area contributed by atoms with Crippen molar-refractivity contribution in [2.45, 2.75) is 13.8 Å². The molecule has 3 aromatic carbocycles. The molecule has 1 aliphatic heterocycles. The molecule has 2 heterocycles. The molecule has 1 saturated heterocycles. The quantitative estimate of drug-likeness (QED) is 0.282. The molecule has 0 radical (unpaired) electrons. The van der Waals surface area contributed by atoms with Crippen LogP contribution in [0.5, 0.6) is 17.4 Å². The van der Waals surface area contributed by atoms with E-state index in [9.17, 15) is 9.18 Å². The van der Waals surface area contributed by atoms with Gasteiger partial charge in [0, 0.05) is 49.8 Å². The fourth-order valence-electron chi connectivity index (χ4n) is 4.68. The predicted octanol–water partition coefficient (Wildman–Crippen LogP) is 5.78. The molecular formula is C31H33FN6O3. The Morgan fingerprint density at radius 3 is 2.39 bits per heavy atom. The highest BCUT2D eigenvalue weighted by Crippen LogP contribution is 2.34. The number of ether oxygens (including phenoxy) is 2. The number of likely N-dealkylation sites (N-methyl/N-ethyl adjacent to an activating group) is 1. The van der Waals surface area contributed by atoms with Crippen LogP contribution in [0.3, 0.4) is 0 Å². The summed E-state index contributed by atoms with van der Waals surface area (Å²) in [5.41, 5.74) is 4.25.